The van der Waals surface area contributed by atoms with Crippen LogP contribution in [0.1, 0.15) is 43.2 Å². The smallest absolute Gasteiger partial charge is 0.111 e. The van der Waals surface area contributed by atoms with Crippen LogP contribution in [0.5, 0.6) is 0 Å². The molecule has 0 saturated heterocycles. The normalized spacial score (nSPS) is 17.1. The molecule has 0 amide bonds. The summed E-state index contributed by atoms with van der Waals surface area (Å²) in [6.45, 7) is 2.12. The molecule has 2 rings (SSSR count). The lowest BCUT2D eigenvalue weighted by molar-refractivity contribution is 0.694. The highest BCUT2D eigenvalue weighted by Crippen LogP contribution is 2.21. The van der Waals surface area contributed by atoms with Gasteiger partial charge in [0.15, 0.2) is 0 Å². The van der Waals surface area contributed by atoms with Crippen molar-refractivity contribution in [2.24, 2.45) is 10.8 Å². The molecule has 0 radical (unpaired) electrons. The van der Waals surface area contributed by atoms with E-state index in [0.717, 1.165) is 18.7 Å². The molecule has 1 fully saturated rings. The molecule has 0 unspecified atom stereocenters. The summed E-state index contributed by atoms with van der Waals surface area (Å²) < 4.78 is 0. The second kappa shape index (κ2) is 6.55. The largest absolute Gasteiger partial charge is 0.312 e. The SMILES string of the molecule is Cc1cccc(CCC(=NC2CCCC2)NN)c1. The van der Waals surface area contributed by atoms with Gasteiger partial charge in [-0.1, -0.05) is 42.7 Å². The fourth-order valence-electron chi connectivity index (χ4n) is 2.56. The van der Waals surface area contributed by atoms with Crippen molar-refractivity contribution in [1.82, 2.24) is 5.43 Å². The maximum absolute atomic E-state index is 5.56. The van der Waals surface area contributed by atoms with Crippen molar-refractivity contribution in [3.8, 4) is 0 Å². The molecular formula is C15H23N3. The Morgan fingerprint density at radius 1 is 1.39 bits per heavy atom. The van der Waals surface area contributed by atoms with Crippen LogP contribution in [-0.2, 0) is 6.42 Å². The number of hydrogen-bond donors (Lipinski definition) is 2. The highest BCUT2D eigenvalue weighted by molar-refractivity contribution is 5.82. The molecule has 3 N–H and O–H groups in total. The van der Waals surface area contributed by atoms with E-state index in [1.807, 2.05) is 0 Å². The molecule has 0 spiro atoms. The van der Waals surface area contributed by atoms with Gasteiger partial charge in [0.25, 0.3) is 0 Å². The van der Waals surface area contributed by atoms with Crippen molar-refractivity contribution in [1.29, 1.82) is 0 Å². The van der Waals surface area contributed by atoms with E-state index in [1.165, 1.54) is 36.8 Å². The molecule has 3 heteroatoms. The summed E-state index contributed by atoms with van der Waals surface area (Å²) in [5.74, 6) is 6.51. The molecule has 0 atom stereocenters. The van der Waals surface area contributed by atoms with Gasteiger partial charge < -0.3 is 5.43 Å². The van der Waals surface area contributed by atoms with Crippen molar-refractivity contribution in [3.63, 3.8) is 0 Å². The highest BCUT2D eigenvalue weighted by Gasteiger charge is 2.14. The Balaban J connectivity index is 1.90. The molecule has 18 heavy (non-hydrogen) atoms. The van der Waals surface area contributed by atoms with E-state index < -0.39 is 0 Å². The Labute approximate surface area is 109 Å². The Bertz CT molecular complexity index is 406. The van der Waals surface area contributed by atoms with Crippen molar-refractivity contribution in [3.05, 3.63) is 35.4 Å². The van der Waals surface area contributed by atoms with E-state index in [9.17, 15) is 0 Å². The standard InChI is InChI=1S/C15H23N3/c1-12-5-4-6-13(11-12)9-10-15(18-16)17-14-7-2-3-8-14/h4-6,11,14H,2-3,7-10,16H2,1H3,(H,17,18). The first-order valence-electron chi connectivity index (χ1n) is 6.87. The predicted octanol–water partition coefficient (Wildman–Crippen LogP) is 2.73. The summed E-state index contributed by atoms with van der Waals surface area (Å²) in [5, 5.41) is 0. The molecule has 0 aliphatic heterocycles. The number of nitrogens with zero attached hydrogens (tertiary/aromatic N) is 1. The number of rotatable bonds is 4. The van der Waals surface area contributed by atoms with Crippen LogP contribution in [-0.4, -0.2) is 11.9 Å². The van der Waals surface area contributed by atoms with E-state index in [2.05, 4.69) is 36.6 Å². The molecular weight excluding hydrogens is 222 g/mol. The van der Waals surface area contributed by atoms with Crippen LogP contribution < -0.4 is 11.3 Å². The third kappa shape index (κ3) is 3.84. The average Bonchev–Trinajstić information content (AvgIpc) is 2.87. The Kier molecular flexibility index (Phi) is 4.76. The zero-order valence-corrected chi connectivity index (χ0v) is 11.2. The predicted molar refractivity (Wildman–Crippen MR) is 76.5 cm³/mol. The molecule has 3 nitrogen and oxygen atoms in total. The third-order valence-electron chi connectivity index (χ3n) is 3.56. The van der Waals surface area contributed by atoms with Gasteiger partial charge in [-0.25, -0.2) is 5.84 Å². The zero-order valence-electron chi connectivity index (χ0n) is 11.2. The molecule has 1 aromatic carbocycles. The van der Waals surface area contributed by atoms with E-state index in [1.54, 1.807) is 0 Å². The topological polar surface area (TPSA) is 50.4 Å². The van der Waals surface area contributed by atoms with Gasteiger partial charge in [0.1, 0.15) is 5.84 Å². The number of aryl methyl sites for hydroxylation is 2. The van der Waals surface area contributed by atoms with Crippen LogP contribution in [0.4, 0.5) is 0 Å². The maximum atomic E-state index is 5.56. The van der Waals surface area contributed by atoms with Crippen molar-refractivity contribution < 1.29 is 0 Å². The summed E-state index contributed by atoms with van der Waals surface area (Å²) in [4.78, 5) is 4.71. The number of aliphatic imine (C=N–C) groups is 1. The van der Waals surface area contributed by atoms with E-state index in [-0.39, 0.29) is 0 Å². The monoisotopic (exact) mass is 245 g/mol. The summed E-state index contributed by atoms with van der Waals surface area (Å²) in [5.41, 5.74) is 5.42. The molecule has 1 saturated carbocycles. The number of nitrogens with two attached hydrogens (primary N) is 1. The fraction of sp³-hybridized carbons (Fsp3) is 0.533. The maximum Gasteiger partial charge on any atom is 0.111 e. The van der Waals surface area contributed by atoms with Gasteiger partial charge in [-0.2, -0.15) is 0 Å². The Morgan fingerprint density at radius 2 is 2.17 bits per heavy atom. The minimum Gasteiger partial charge on any atom is -0.312 e. The van der Waals surface area contributed by atoms with Crippen LogP contribution in [0.25, 0.3) is 0 Å². The van der Waals surface area contributed by atoms with Crippen LogP contribution in [0.2, 0.25) is 0 Å². The first-order chi connectivity index (χ1) is 8.78. The molecule has 1 aliphatic carbocycles. The average molecular weight is 245 g/mol. The van der Waals surface area contributed by atoms with Gasteiger partial charge in [0.05, 0.1) is 6.04 Å². The summed E-state index contributed by atoms with van der Waals surface area (Å²) in [6.07, 6.45) is 6.95. The fourth-order valence-corrected chi connectivity index (χ4v) is 2.56. The second-order valence-corrected chi connectivity index (χ2v) is 5.15. The van der Waals surface area contributed by atoms with Gasteiger partial charge in [0.2, 0.25) is 0 Å². The van der Waals surface area contributed by atoms with Crippen LogP contribution in [0, 0.1) is 6.92 Å². The van der Waals surface area contributed by atoms with Gasteiger partial charge in [-0.3, -0.25) is 4.99 Å². The Hall–Kier alpha value is -1.35. The second-order valence-electron chi connectivity index (χ2n) is 5.15. The number of hydrogen-bond acceptors (Lipinski definition) is 2. The van der Waals surface area contributed by atoms with Crippen LogP contribution in [0.3, 0.4) is 0 Å². The van der Waals surface area contributed by atoms with Gasteiger partial charge >= 0.3 is 0 Å². The molecule has 98 valence electrons. The van der Waals surface area contributed by atoms with Crippen molar-refractivity contribution in [2.75, 3.05) is 0 Å². The number of amidine groups is 1. The quantitative estimate of drug-likeness (QED) is 0.371. The number of hydrazine groups is 1. The highest BCUT2D eigenvalue weighted by atomic mass is 15.3. The summed E-state index contributed by atoms with van der Waals surface area (Å²) >= 11 is 0. The summed E-state index contributed by atoms with van der Waals surface area (Å²) in [6, 6.07) is 9.11. The molecule has 0 bridgehead atoms. The molecule has 1 aliphatic rings. The van der Waals surface area contributed by atoms with Crippen LogP contribution >= 0.6 is 0 Å². The first-order valence-corrected chi connectivity index (χ1v) is 6.87. The first kappa shape index (κ1) is 13.1. The minimum absolute atomic E-state index is 0.494. The zero-order chi connectivity index (χ0) is 12.8. The number of nitrogens with one attached hydrogen (secondary N) is 1. The lowest BCUT2D eigenvalue weighted by atomic mass is 10.1. The molecule has 0 aromatic heterocycles. The van der Waals surface area contributed by atoms with Gasteiger partial charge in [-0.05, 0) is 31.7 Å². The lowest BCUT2D eigenvalue weighted by Gasteiger charge is -2.09. The van der Waals surface area contributed by atoms with E-state index in [4.69, 9.17) is 10.8 Å². The van der Waals surface area contributed by atoms with Crippen molar-refractivity contribution >= 4 is 5.84 Å². The molecule has 0 heterocycles. The van der Waals surface area contributed by atoms with Crippen molar-refractivity contribution in [2.45, 2.75) is 51.5 Å². The minimum atomic E-state index is 0.494. The lowest BCUT2D eigenvalue weighted by Crippen LogP contribution is -2.31. The van der Waals surface area contributed by atoms with E-state index in [0.29, 0.717) is 6.04 Å². The number of benzene rings is 1. The third-order valence-corrected chi connectivity index (χ3v) is 3.56. The van der Waals surface area contributed by atoms with Gasteiger partial charge in [-0.15, -0.1) is 0 Å². The van der Waals surface area contributed by atoms with E-state index >= 15 is 0 Å². The summed E-state index contributed by atoms with van der Waals surface area (Å²) in [7, 11) is 0. The van der Waals surface area contributed by atoms with Gasteiger partial charge in [0, 0.05) is 6.42 Å². The van der Waals surface area contributed by atoms with Crippen LogP contribution in [0.15, 0.2) is 29.3 Å². The molecule has 1 aromatic rings. The Morgan fingerprint density at radius 3 is 2.83 bits per heavy atom.